The van der Waals surface area contributed by atoms with Crippen LogP contribution in [-0.2, 0) is 9.53 Å². The van der Waals surface area contributed by atoms with Crippen LogP contribution < -0.4 is 20.5 Å². The number of carbonyl (C=O) groups excluding carboxylic acids is 3. The normalized spacial score (nSPS) is 10.2. The zero-order valence-electron chi connectivity index (χ0n) is 15.2. The van der Waals surface area contributed by atoms with Crippen molar-refractivity contribution in [1.29, 1.82) is 0 Å². The minimum atomic E-state index is -0.934. The van der Waals surface area contributed by atoms with Gasteiger partial charge in [0.05, 0.1) is 13.7 Å². The molecule has 2 aromatic rings. The van der Waals surface area contributed by atoms with E-state index in [1.54, 1.807) is 31.2 Å². The largest absolute Gasteiger partial charge is 0.493 e. The number of hydrogen-bond acceptors (Lipinski definition) is 7. The lowest BCUT2D eigenvalue weighted by atomic mass is 10.1. The quantitative estimate of drug-likeness (QED) is 0.673. The Hall–Kier alpha value is -3.49. The van der Waals surface area contributed by atoms with Crippen LogP contribution in [0.25, 0.3) is 0 Å². The van der Waals surface area contributed by atoms with Crippen molar-refractivity contribution in [2.45, 2.75) is 13.8 Å². The van der Waals surface area contributed by atoms with Crippen molar-refractivity contribution in [2.75, 3.05) is 25.6 Å². The van der Waals surface area contributed by atoms with Crippen molar-refractivity contribution in [3.05, 3.63) is 41.2 Å². The summed E-state index contributed by atoms with van der Waals surface area (Å²) in [6, 6.07) is 6.80. The zero-order chi connectivity index (χ0) is 20.0. The summed E-state index contributed by atoms with van der Waals surface area (Å²) in [5.41, 5.74) is 4.96. The third-order valence-corrected chi connectivity index (χ3v) is 3.49. The second-order valence-corrected chi connectivity index (χ2v) is 5.31. The summed E-state index contributed by atoms with van der Waals surface area (Å²) < 4.78 is 20.7. The zero-order valence-corrected chi connectivity index (χ0v) is 15.2. The van der Waals surface area contributed by atoms with E-state index in [9.17, 15) is 14.4 Å². The molecule has 0 bridgehead atoms. The summed E-state index contributed by atoms with van der Waals surface area (Å²) in [4.78, 5) is 36.0. The molecule has 0 unspecified atom stereocenters. The molecule has 2 rings (SSSR count). The first-order valence-electron chi connectivity index (χ1n) is 8.05. The van der Waals surface area contributed by atoms with Gasteiger partial charge in [0.1, 0.15) is 16.9 Å². The first-order chi connectivity index (χ1) is 12.9. The van der Waals surface area contributed by atoms with Gasteiger partial charge in [-0.2, -0.15) is 0 Å². The van der Waals surface area contributed by atoms with E-state index in [-0.39, 0.29) is 36.0 Å². The summed E-state index contributed by atoms with van der Waals surface area (Å²) in [5.74, 6) is -1.63. The standard InChI is InChI=1S/C18H20N2O7/c1-4-25-18(23)14-10(2)27-17(15(14)16(19)22)20-13(21)9-26-12-8-6-5-7-11(12)24-3/h5-8H,4,9H2,1-3H3,(H2,19,22)(H,20,21). The highest BCUT2D eigenvalue weighted by molar-refractivity contribution is 6.10. The first-order valence-corrected chi connectivity index (χ1v) is 8.05. The Morgan fingerprint density at radius 1 is 1.15 bits per heavy atom. The number of ether oxygens (including phenoxy) is 3. The minimum Gasteiger partial charge on any atom is -0.493 e. The van der Waals surface area contributed by atoms with Crippen molar-refractivity contribution in [1.82, 2.24) is 0 Å². The van der Waals surface area contributed by atoms with Crippen LogP contribution in [0.3, 0.4) is 0 Å². The van der Waals surface area contributed by atoms with Crippen LogP contribution >= 0.6 is 0 Å². The Balaban J connectivity index is 2.16. The number of esters is 1. The number of furan rings is 1. The van der Waals surface area contributed by atoms with Crippen LogP contribution in [0.15, 0.2) is 28.7 Å². The topological polar surface area (TPSA) is 130 Å². The molecule has 3 N–H and O–H groups in total. The highest BCUT2D eigenvalue weighted by atomic mass is 16.5. The number of nitrogens with one attached hydrogen (secondary N) is 1. The molecule has 0 saturated heterocycles. The molecule has 0 aliphatic carbocycles. The number of para-hydroxylation sites is 2. The highest BCUT2D eigenvalue weighted by Gasteiger charge is 2.29. The molecule has 0 fully saturated rings. The molecule has 1 aromatic carbocycles. The van der Waals surface area contributed by atoms with Gasteiger partial charge in [0.2, 0.25) is 5.88 Å². The van der Waals surface area contributed by atoms with Crippen molar-refractivity contribution in [3.8, 4) is 11.5 Å². The molecular formula is C18H20N2O7. The summed E-state index contributed by atoms with van der Waals surface area (Å²) in [5, 5.41) is 2.38. The molecule has 9 nitrogen and oxygen atoms in total. The molecular weight excluding hydrogens is 356 g/mol. The number of anilines is 1. The molecule has 0 saturated carbocycles. The predicted molar refractivity (Wildman–Crippen MR) is 95.0 cm³/mol. The first kappa shape index (κ1) is 19.8. The van der Waals surface area contributed by atoms with Gasteiger partial charge in [-0.15, -0.1) is 0 Å². The monoisotopic (exact) mass is 376 g/mol. The Morgan fingerprint density at radius 3 is 2.41 bits per heavy atom. The van der Waals surface area contributed by atoms with Gasteiger partial charge in [-0.25, -0.2) is 4.79 Å². The van der Waals surface area contributed by atoms with E-state index in [0.29, 0.717) is 11.5 Å². The summed E-state index contributed by atoms with van der Waals surface area (Å²) >= 11 is 0. The fourth-order valence-electron chi connectivity index (χ4n) is 2.36. The third kappa shape index (κ3) is 4.57. The Bertz CT molecular complexity index is 857. The van der Waals surface area contributed by atoms with E-state index in [4.69, 9.17) is 24.4 Å². The van der Waals surface area contributed by atoms with Gasteiger partial charge < -0.3 is 24.4 Å². The van der Waals surface area contributed by atoms with Gasteiger partial charge in [-0.1, -0.05) is 12.1 Å². The minimum absolute atomic E-state index is 0.100. The van der Waals surface area contributed by atoms with Crippen LogP contribution in [0, 0.1) is 6.92 Å². The smallest absolute Gasteiger partial charge is 0.342 e. The van der Waals surface area contributed by atoms with Crippen LogP contribution in [0.5, 0.6) is 11.5 Å². The van der Waals surface area contributed by atoms with Gasteiger partial charge in [-0.3, -0.25) is 14.9 Å². The molecule has 2 amide bonds. The maximum absolute atomic E-state index is 12.2. The average molecular weight is 376 g/mol. The van der Waals surface area contributed by atoms with E-state index in [2.05, 4.69) is 5.32 Å². The number of benzene rings is 1. The van der Waals surface area contributed by atoms with Crippen LogP contribution in [0.4, 0.5) is 5.88 Å². The number of aryl methyl sites for hydroxylation is 1. The second kappa shape index (κ2) is 8.75. The van der Waals surface area contributed by atoms with Crippen molar-refractivity contribution in [3.63, 3.8) is 0 Å². The maximum atomic E-state index is 12.2. The Morgan fingerprint density at radius 2 is 1.81 bits per heavy atom. The fourth-order valence-corrected chi connectivity index (χ4v) is 2.36. The predicted octanol–water partition coefficient (Wildman–Crippen LogP) is 1.89. The highest BCUT2D eigenvalue weighted by Crippen LogP contribution is 2.28. The molecule has 9 heteroatoms. The summed E-state index contributed by atoms with van der Waals surface area (Å²) in [6.45, 7) is 2.80. The van der Waals surface area contributed by atoms with Gasteiger partial charge in [0, 0.05) is 0 Å². The van der Waals surface area contributed by atoms with E-state index >= 15 is 0 Å². The van der Waals surface area contributed by atoms with Crippen molar-refractivity contribution < 1.29 is 33.0 Å². The van der Waals surface area contributed by atoms with Crippen LogP contribution in [-0.4, -0.2) is 38.1 Å². The molecule has 144 valence electrons. The number of amides is 2. The second-order valence-electron chi connectivity index (χ2n) is 5.31. The third-order valence-electron chi connectivity index (χ3n) is 3.49. The number of methoxy groups -OCH3 is 1. The number of carbonyl (C=O) groups is 3. The van der Waals surface area contributed by atoms with Gasteiger partial charge in [0.15, 0.2) is 18.1 Å². The number of nitrogens with two attached hydrogens (primary N) is 1. The molecule has 0 atom stereocenters. The van der Waals surface area contributed by atoms with Gasteiger partial charge >= 0.3 is 5.97 Å². The SMILES string of the molecule is CCOC(=O)c1c(C)oc(NC(=O)COc2ccccc2OC)c1C(N)=O. The van der Waals surface area contributed by atoms with E-state index in [1.807, 2.05) is 0 Å². The summed E-state index contributed by atoms with van der Waals surface area (Å²) in [6.07, 6.45) is 0. The molecule has 1 heterocycles. The van der Waals surface area contributed by atoms with Gasteiger partial charge in [0.25, 0.3) is 11.8 Å². The van der Waals surface area contributed by atoms with Crippen LogP contribution in [0.2, 0.25) is 0 Å². The number of rotatable bonds is 8. The summed E-state index contributed by atoms with van der Waals surface area (Å²) in [7, 11) is 1.48. The molecule has 1 aromatic heterocycles. The van der Waals surface area contributed by atoms with Gasteiger partial charge in [-0.05, 0) is 26.0 Å². The Labute approximate surface area is 155 Å². The lowest BCUT2D eigenvalue weighted by Gasteiger charge is -2.10. The Kier molecular flexibility index (Phi) is 6.42. The van der Waals surface area contributed by atoms with E-state index < -0.39 is 17.8 Å². The molecule has 0 spiro atoms. The molecule has 0 aliphatic rings. The van der Waals surface area contributed by atoms with Crippen molar-refractivity contribution in [2.24, 2.45) is 5.73 Å². The number of hydrogen-bond donors (Lipinski definition) is 2. The van der Waals surface area contributed by atoms with E-state index in [0.717, 1.165) is 0 Å². The van der Waals surface area contributed by atoms with Crippen LogP contribution in [0.1, 0.15) is 33.4 Å². The molecule has 0 aliphatic heterocycles. The fraction of sp³-hybridized carbons (Fsp3) is 0.278. The lowest BCUT2D eigenvalue weighted by molar-refractivity contribution is -0.118. The lowest BCUT2D eigenvalue weighted by Crippen LogP contribution is -2.23. The number of primary amides is 1. The van der Waals surface area contributed by atoms with Crippen molar-refractivity contribution >= 4 is 23.7 Å². The average Bonchev–Trinajstić information content (AvgIpc) is 2.96. The maximum Gasteiger partial charge on any atom is 0.342 e. The van der Waals surface area contributed by atoms with E-state index in [1.165, 1.54) is 14.0 Å². The molecule has 27 heavy (non-hydrogen) atoms. The molecule has 0 radical (unpaired) electrons.